The van der Waals surface area contributed by atoms with Gasteiger partial charge >= 0.3 is 0 Å². The van der Waals surface area contributed by atoms with E-state index in [0.29, 0.717) is 22.7 Å². The Morgan fingerprint density at radius 1 is 1.12 bits per heavy atom. The number of nitrogens with one attached hydrogen (secondary N) is 2. The van der Waals surface area contributed by atoms with Crippen LogP contribution in [0.4, 0.5) is 8.78 Å². The highest BCUT2D eigenvalue weighted by Gasteiger charge is 2.40. The van der Waals surface area contributed by atoms with Crippen LogP contribution in [0, 0.1) is 17.7 Å². The molecule has 2 aromatic carbocycles. The second-order valence-corrected chi connectivity index (χ2v) is 10.7. The van der Waals surface area contributed by atoms with Gasteiger partial charge in [0.05, 0.1) is 24.6 Å². The highest BCUT2D eigenvalue weighted by atomic mass is 19.1. The number of likely N-dealkylation sites (tertiary alicyclic amines) is 1. The van der Waals surface area contributed by atoms with Crippen molar-refractivity contribution in [1.29, 1.82) is 0 Å². The molecule has 2 heterocycles. The summed E-state index contributed by atoms with van der Waals surface area (Å²) in [5.41, 5.74) is 2.44. The van der Waals surface area contributed by atoms with Gasteiger partial charge in [0.1, 0.15) is 23.7 Å². The first-order valence-electron chi connectivity index (χ1n) is 13.5. The minimum Gasteiger partial charge on any atom is -0.348 e. The Balaban J connectivity index is 1.20. The molecule has 208 valence electrons. The molecule has 0 radical (unpaired) electrons. The zero-order valence-corrected chi connectivity index (χ0v) is 22.4. The number of alkyl halides is 1. The van der Waals surface area contributed by atoms with Crippen molar-refractivity contribution in [3.8, 4) is 0 Å². The number of aromatic nitrogens is 1. The lowest BCUT2D eigenvalue weighted by Gasteiger charge is -2.26. The Morgan fingerprint density at radius 3 is 2.67 bits per heavy atom. The molecule has 1 aliphatic carbocycles. The average molecular weight is 547 g/mol. The number of benzene rings is 2. The molecule has 3 aromatic rings. The van der Waals surface area contributed by atoms with Crippen molar-refractivity contribution in [2.24, 2.45) is 11.8 Å². The van der Waals surface area contributed by atoms with Crippen molar-refractivity contribution in [3.05, 3.63) is 83.3 Å². The number of nitrogens with zero attached hydrogens (tertiary/aromatic N) is 2. The molecule has 3 amide bonds. The van der Waals surface area contributed by atoms with E-state index in [1.165, 1.54) is 35.6 Å². The Hall–Kier alpha value is -4.14. The first kappa shape index (κ1) is 27.4. The predicted octanol–water partition coefficient (Wildman–Crippen LogP) is 4.59. The van der Waals surface area contributed by atoms with Crippen LogP contribution >= 0.6 is 0 Å². The molecular weight excluding hydrogens is 514 g/mol. The summed E-state index contributed by atoms with van der Waals surface area (Å²) >= 11 is 0. The monoisotopic (exact) mass is 546 g/mol. The van der Waals surface area contributed by atoms with Gasteiger partial charge in [-0.3, -0.25) is 14.4 Å². The maximum atomic E-state index is 14.4. The minimum atomic E-state index is -1.34. The van der Waals surface area contributed by atoms with Crippen LogP contribution in [-0.2, 0) is 9.59 Å². The molecule has 0 bridgehead atoms. The topological polar surface area (TPSA) is 91.4 Å². The summed E-state index contributed by atoms with van der Waals surface area (Å²) in [6, 6.07) is 13.5. The first-order chi connectivity index (χ1) is 19.2. The van der Waals surface area contributed by atoms with E-state index in [1.807, 2.05) is 31.2 Å². The maximum Gasteiger partial charge on any atom is 0.270 e. The Labute approximate surface area is 231 Å². The Bertz CT molecular complexity index is 1480. The molecule has 2 fully saturated rings. The molecule has 40 heavy (non-hydrogen) atoms. The Kier molecular flexibility index (Phi) is 7.91. The van der Waals surface area contributed by atoms with E-state index in [4.69, 9.17) is 0 Å². The largest absolute Gasteiger partial charge is 0.348 e. The standard InChI is InChI=1S/C31H32F2N4O3/c1-18-13-21(18)8-7-20-5-3-4-6-25(20)19(2)35-31(40)28-15-24(33)17-37(28)29(38)16-34-30(39)27-11-9-22-14-23(32)10-12-26(22)36-27/h3-12,14,18-19,21,24,28H,13,15-17H2,1-2H3,(H,34,39)(H,35,40)/b8-7+/t18?,19-,21?,24+,28-/m0/s1. The summed E-state index contributed by atoms with van der Waals surface area (Å²) in [7, 11) is 0. The molecule has 1 saturated carbocycles. The summed E-state index contributed by atoms with van der Waals surface area (Å²) in [5, 5.41) is 5.99. The molecule has 1 aromatic heterocycles. The van der Waals surface area contributed by atoms with Crippen molar-refractivity contribution in [3.63, 3.8) is 0 Å². The molecule has 1 aliphatic heterocycles. The van der Waals surface area contributed by atoms with Crippen LogP contribution in [0.2, 0.25) is 0 Å². The molecule has 7 nitrogen and oxygen atoms in total. The van der Waals surface area contributed by atoms with Crippen LogP contribution in [0.1, 0.15) is 54.3 Å². The van der Waals surface area contributed by atoms with Gasteiger partial charge in [-0.1, -0.05) is 49.4 Å². The number of amides is 3. The predicted molar refractivity (Wildman–Crippen MR) is 148 cm³/mol. The molecule has 9 heteroatoms. The highest BCUT2D eigenvalue weighted by Crippen LogP contribution is 2.39. The lowest BCUT2D eigenvalue weighted by Crippen LogP contribution is -2.49. The van der Waals surface area contributed by atoms with E-state index in [1.54, 1.807) is 6.07 Å². The number of carbonyl (C=O) groups is 3. The quantitative estimate of drug-likeness (QED) is 0.433. The van der Waals surface area contributed by atoms with Crippen molar-refractivity contribution in [2.75, 3.05) is 13.1 Å². The summed E-state index contributed by atoms with van der Waals surface area (Å²) in [5.74, 6) is -0.739. The second-order valence-electron chi connectivity index (χ2n) is 10.7. The molecule has 2 unspecified atom stereocenters. The number of hydrogen-bond donors (Lipinski definition) is 2. The van der Waals surface area contributed by atoms with Crippen molar-refractivity contribution in [1.82, 2.24) is 20.5 Å². The molecule has 1 saturated heterocycles. The van der Waals surface area contributed by atoms with Crippen LogP contribution in [0.3, 0.4) is 0 Å². The smallest absolute Gasteiger partial charge is 0.270 e. The zero-order valence-electron chi connectivity index (χ0n) is 22.4. The van der Waals surface area contributed by atoms with E-state index in [2.05, 4.69) is 34.7 Å². The molecule has 5 rings (SSSR count). The van der Waals surface area contributed by atoms with Gasteiger partial charge in [-0.2, -0.15) is 0 Å². The number of halogens is 2. The summed E-state index contributed by atoms with van der Waals surface area (Å²) < 4.78 is 27.8. The van der Waals surface area contributed by atoms with E-state index >= 15 is 0 Å². The van der Waals surface area contributed by atoms with E-state index < -0.39 is 42.3 Å². The lowest BCUT2D eigenvalue weighted by atomic mass is 10.00. The SMILES string of the molecule is CC1CC1/C=C/c1ccccc1[C@H](C)NC(=O)[C@@H]1C[C@@H](F)CN1C(=O)CNC(=O)c1ccc2cc(F)ccc2n1. The van der Waals surface area contributed by atoms with Crippen LogP contribution in [0.25, 0.3) is 17.0 Å². The third-order valence-electron chi connectivity index (χ3n) is 7.67. The average Bonchev–Trinajstić information content (AvgIpc) is 3.51. The van der Waals surface area contributed by atoms with E-state index in [9.17, 15) is 23.2 Å². The van der Waals surface area contributed by atoms with Crippen LogP contribution in [0.15, 0.2) is 60.7 Å². The third-order valence-corrected chi connectivity index (χ3v) is 7.67. The number of carbonyl (C=O) groups excluding carboxylic acids is 3. The molecule has 2 aliphatic rings. The van der Waals surface area contributed by atoms with Crippen LogP contribution in [0.5, 0.6) is 0 Å². The third kappa shape index (κ3) is 6.19. The fraction of sp³-hybridized carbons (Fsp3) is 0.355. The van der Waals surface area contributed by atoms with Crippen molar-refractivity contribution >= 4 is 34.7 Å². The fourth-order valence-electron chi connectivity index (χ4n) is 5.17. The fourth-order valence-corrected chi connectivity index (χ4v) is 5.17. The minimum absolute atomic E-state index is 0.0590. The van der Waals surface area contributed by atoms with Crippen molar-refractivity contribution < 1.29 is 23.2 Å². The number of hydrogen-bond acceptors (Lipinski definition) is 4. The van der Waals surface area contributed by atoms with Gasteiger partial charge < -0.3 is 15.5 Å². The first-order valence-corrected chi connectivity index (χ1v) is 13.5. The van der Waals surface area contributed by atoms with Gasteiger partial charge in [-0.25, -0.2) is 13.8 Å². The number of allylic oxidation sites excluding steroid dienone is 1. The summed E-state index contributed by atoms with van der Waals surface area (Å²) in [6.07, 6.45) is 4.01. The molecule has 5 atom stereocenters. The normalized spacial score (nSPS) is 22.9. The van der Waals surface area contributed by atoms with Gasteiger partial charge in [-0.15, -0.1) is 0 Å². The Morgan fingerprint density at radius 2 is 1.90 bits per heavy atom. The number of fused-ring (bicyclic) bond motifs is 1. The van der Waals surface area contributed by atoms with Gasteiger partial charge in [-0.05, 0) is 60.6 Å². The summed E-state index contributed by atoms with van der Waals surface area (Å²) in [6.45, 7) is 3.44. The number of pyridine rings is 1. The van der Waals surface area contributed by atoms with E-state index in [-0.39, 0.29) is 24.7 Å². The summed E-state index contributed by atoms with van der Waals surface area (Å²) in [4.78, 5) is 44.2. The van der Waals surface area contributed by atoms with Gasteiger partial charge in [0.15, 0.2) is 0 Å². The highest BCUT2D eigenvalue weighted by molar-refractivity contribution is 5.97. The van der Waals surface area contributed by atoms with Gasteiger partial charge in [0.2, 0.25) is 11.8 Å². The number of rotatable bonds is 8. The van der Waals surface area contributed by atoms with Crippen molar-refractivity contribution in [2.45, 2.75) is 44.9 Å². The van der Waals surface area contributed by atoms with Gasteiger partial charge in [0.25, 0.3) is 5.91 Å². The molecule has 2 N–H and O–H groups in total. The molecular formula is C31H32F2N4O3. The van der Waals surface area contributed by atoms with Crippen LogP contribution in [-0.4, -0.2) is 52.9 Å². The van der Waals surface area contributed by atoms with Crippen LogP contribution < -0.4 is 10.6 Å². The zero-order chi connectivity index (χ0) is 28.4. The second kappa shape index (κ2) is 11.5. The lowest BCUT2D eigenvalue weighted by molar-refractivity contribution is -0.138. The van der Waals surface area contributed by atoms with E-state index in [0.717, 1.165) is 11.1 Å². The molecule has 0 spiro atoms. The van der Waals surface area contributed by atoms with Gasteiger partial charge in [0, 0.05) is 11.8 Å². The maximum absolute atomic E-state index is 14.4.